The molecule has 3 atom stereocenters. The fraction of sp³-hybridized carbons (Fsp3) is 0.444. The Bertz CT molecular complexity index is 776. The van der Waals surface area contributed by atoms with Crippen LogP contribution in [0.1, 0.15) is 12.0 Å². The van der Waals surface area contributed by atoms with Gasteiger partial charge in [-0.2, -0.15) is 0 Å². The fourth-order valence-corrected chi connectivity index (χ4v) is 4.80. The highest BCUT2D eigenvalue weighted by atomic mass is 32.1. The molecule has 0 spiro atoms. The highest BCUT2D eigenvalue weighted by molar-refractivity contribution is 7.14. The normalized spacial score (nSPS) is 25.2. The molecule has 1 aromatic carbocycles. The minimum Gasteiger partial charge on any atom is -0.507 e. The number of ether oxygens (including phenoxy) is 1. The Morgan fingerprint density at radius 3 is 2.83 bits per heavy atom. The van der Waals surface area contributed by atoms with Crippen molar-refractivity contribution in [1.29, 1.82) is 0 Å². The third-order valence-electron chi connectivity index (χ3n) is 5.19. The lowest BCUT2D eigenvalue weighted by Gasteiger charge is -2.51. The van der Waals surface area contributed by atoms with E-state index >= 15 is 0 Å². The van der Waals surface area contributed by atoms with Crippen LogP contribution in [0.3, 0.4) is 0 Å². The van der Waals surface area contributed by atoms with E-state index < -0.39 is 0 Å². The maximum Gasteiger partial charge on any atom is 0.309 e. The molecule has 3 fully saturated rings. The predicted molar refractivity (Wildman–Crippen MR) is 93.3 cm³/mol. The molecular formula is C18H20N2O3S. The largest absolute Gasteiger partial charge is 0.507 e. The van der Waals surface area contributed by atoms with E-state index in [2.05, 4.69) is 4.90 Å². The van der Waals surface area contributed by atoms with Crippen LogP contribution in [0.5, 0.6) is 5.75 Å². The van der Waals surface area contributed by atoms with E-state index in [0.717, 1.165) is 41.5 Å². The van der Waals surface area contributed by atoms with Gasteiger partial charge in [-0.05, 0) is 37.3 Å². The number of aromatic nitrogens is 1. The molecular weight excluding hydrogens is 324 g/mol. The molecule has 1 aliphatic carbocycles. The number of nitrogens with zero attached hydrogens (tertiary/aromatic N) is 2. The lowest BCUT2D eigenvalue weighted by molar-refractivity contribution is -0.157. The van der Waals surface area contributed by atoms with Crippen LogP contribution in [-0.2, 0) is 9.53 Å². The van der Waals surface area contributed by atoms with Gasteiger partial charge in [0.05, 0.1) is 18.7 Å². The van der Waals surface area contributed by atoms with Crippen molar-refractivity contribution in [2.24, 2.45) is 17.8 Å². The van der Waals surface area contributed by atoms with Crippen LogP contribution in [0.2, 0.25) is 0 Å². The number of aromatic hydroxyl groups is 1. The topological polar surface area (TPSA) is 62.7 Å². The van der Waals surface area contributed by atoms with Crippen molar-refractivity contribution in [1.82, 2.24) is 4.98 Å². The Labute approximate surface area is 144 Å². The molecule has 3 heterocycles. The quantitative estimate of drug-likeness (QED) is 0.867. The maximum absolute atomic E-state index is 11.8. The molecule has 2 bridgehead atoms. The van der Waals surface area contributed by atoms with Crippen molar-refractivity contribution >= 4 is 22.4 Å². The summed E-state index contributed by atoms with van der Waals surface area (Å²) in [5.74, 6) is 0.989. The minimum absolute atomic E-state index is 0.0616. The zero-order valence-corrected chi connectivity index (χ0v) is 14.5. The first kappa shape index (κ1) is 15.4. The van der Waals surface area contributed by atoms with Gasteiger partial charge in [-0.3, -0.25) is 4.79 Å². The molecule has 2 aromatic rings. The lowest BCUT2D eigenvalue weighted by atomic mass is 9.61. The average Bonchev–Trinajstić information content (AvgIpc) is 3.07. The summed E-state index contributed by atoms with van der Waals surface area (Å²) in [5.41, 5.74) is 2.67. The number of hydrogen-bond acceptors (Lipinski definition) is 6. The van der Waals surface area contributed by atoms with Gasteiger partial charge in [-0.15, -0.1) is 11.3 Å². The molecule has 1 aromatic heterocycles. The summed E-state index contributed by atoms with van der Waals surface area (Å²) in [4.78, 5) is 18.8. The minimum atomic E-state index is -0.0691. The SMILES string of the molecule is COC(=O)C1[C@@H]2C[C@H]1CN(c1nc(-c3cc(C)ccc3O)cs1)C2. The maximum atomic E-state index is 11.8. The highest BCUT2D eigenvalue weighted by Gasteiger charge is 2.51. The summed E-state index contributed by atoms with van der Waals surface area (Å²) in [6.07, 6.45) is 1.10. The Balaban J connectivity index is 1.53. The molecule has 2 saturated heterocycles. The van der Waals surface area contributed by atoms with Crippen molar-refractivity contribution in [3.63, 3.8) is 0 Å². The fourth-order valence-electron chi connectivity index (χ4n) is 3.95. The van der Waals surface area contributed by atoms with Crippen LogP contribution >= 0.6 is 11.3 Å². The number of fused-ring (bicyclic) bond motifs is 2. The Morgan fingerprint density at radius 2 is 2.12 bits per heavy atom. The zero-order chi connectivity index (χ0) is 16.8. The van der Waals surface area contributed by atoms with E-state index in [1.54, 1.807) is 17.4 Å². The van der Waals surface area contributed by atoms with Crippen molar-refractivity contribution < 1.29 is 14.6 Å². The number of methoxy groups -OCH3 is 1. The van der Waals surface area contributed by atoms with Gasteiger partial charge in [-0.1, -0.05) is 11.6 Å². The first-order valence-electron chi connectivity index (χ1n) is 8.15. The van der Waals surface area contributed by atoms with E-state index in [1.165, 1.54) is 7.11 Å². The molecule has 126 valence electrons. The molecule has 1 N–H and O–H groups in total. The van der Waals surface area contributed by atoms with Crippen molar-refractivity contribution in [2.45, 2.75) is 13.3 Å². The molecule has 3 aliphatic rings. The average molecular weight is 344 g/mol. The van der Waals surface area contributed by atoms with E-state index in [1.807, 2.05) is 24.4 Å². The second kappa shape index (κ2) is 5.77. The molecule has 24 heavy (non-hydrogen) atoms. The van der Waals surface area contributed by atoms with Crippen LogP contribution in [-0.4, -0.2) is 36.3 Å². The Kier molecular flexibility index (Phi) is 3.72. The van der Waals surface area contributed by atoms with Gasteiger partial charge in [0.25, 0.3) is 0 Å². The number of carbonyl (C=O) groups excluding carboxylic acids is 1. The molecule has 0 radical (unpaired) electrons. The van der Waals surface area contributed by atoms with Crippen LogP contribution in [0.15, 0.2) is 23.6 Å². The number of piperidine rings is 2. The summed E-state index contributed by atoms with van der Waals surface area (Å²) >= 11 is 1.59. The summed E-state index contributed by atoms with van der Waals surface area (Å²) < 4.78 is 4.92. The van der Waals surface area contributed by atoms with Gasteiger partial charge < -0.3 is 14.7 Å². The second-order valence-corrected chi connectivity index (χ2v) is 7.58. The Hall–Kier alpha value is -2.08. The van der Waals surface area contributed by atoms with Crippen LogP contribution in [0.25, 0.3) is 11.3 Å². The number of phenolic OH excluding ortho intramolecular Hbond substituents is 1. The molecule has 2 aliphatic heterocycles. The van der Waals surface area contributed by atoms with Gasteiger partial charge in [-0.25, -0.2) is 4.98 Å². The highest BCUT2D eigenvalue weighted by Crippen LogP contribution is 2.47. The summed E-state index contributed by atoms with van der Waals surface area (Å²) in [5, 5.41) is 13.0. The number of thiazole rings is 1. The van der Waals surface area contributed by atoms with Gasteiger partial charge >= 0.3 is 5.97 Å². The summed E-state index contributed by atoms with van der Waals surface area (Å²) in [7, 11) is 1.47. The predicted octanol–water partition coefficient (Wildman–Crippen LogP) is 3.07. The molecule has 1 unspecified atom stereocenters. The van der Waals surface area contributed by atoms with Gasteiger partial charge in [0, 0.05) is 24.0 Å². The molecule has 0 amide bonds. The lowest BCUT2D eigenvalue weighted by Crippen LogP contribution is -2.58. The van der Waals surface area contributed by atoms with Crippen molar-refractivity contribution in [3.05, 3.63) is 29.1 Å². The molecule has 1 saturated carbocycles. The molecule has 5 rings (SSSR count). The number of esters is 1. The Morgan fingerprint density at radius 1 is 1.38 bits per heavy atom. The first-order chi connectivity index (χ1) is 11.6. The zero-order valence-electron chi connectivity index (χ0n) is 13.7. The van der Waals surface area contributed by atoms with E-state index in [4.69, 9.17) is 9.72 Å². The summed E-state index contributed by atoms with van der Waals surface area (Å²) in [6, 6.07) is 5.55. The number of anilines is 1. The van der Waals surface area contributed by atoms with Crippen LogP contribution < -0.4 is 4.90 Å². The first-order valence-corrected chi connectivity index (χ1v) is 9.03. The second-order valence-electron chi connectivity index (χ2n) is 6.75. The van der Waals surface area contributed by atoms with E-state index in [0.29, 0.717) is 11.8 Å². The molecule has 5 nitrogen and oxygen atoms in total. The number of aryl methyl sites for hydroxylation is 1. The van der Waals surface area contributed by atoms with Gasteiger partial charge in [0.1, 0.15) is 5.75 Å². The third kappa shape index (κ3) is 2.45. The standard InChI is InChI=1S/C18H20N2O3S/c1-10-3-4-15(21)13(5-10)14-9-24-18(19-14)20-7-11-6-12(8-20)16(11)17(22)23-2/h3-5,9,11-12,16,21H,6-8H2,1-2H3/t11-,12+,16?. The van der Waals surface area contributed by atoms with E-state index in [-0.39, 0.29) is 17.6 Å². The number of rotatable bonds is 3. The number of benzene rings is 1. The molecule has 6 heteroatoms. The number of hydrogen-bond donors (Lipinski definition) is 1. The van der Waals surface area contributed by atoms with Gasteiger partial charge in [0.2, 0.25) is 0 Å². The van der Waals surface area contributed by atoms with Crippen LogP contribution in [0.4, 0.5) is 5.13 Å². The smallest absolute Gasteiger partial charge is 0.309 e. The van der Waals surface area contributed by atoms with Crippen LogP contribution in [0, 0.1) is 24.7 Å². The van der Waals surface area contributed by atoms with Crippen molar-refractivity contribution in [2.75, 3.05) is 25.1 Å². The number of phenols is 1. The van der Waals surface area contributed by atoms with Crippen molar-refractivity contribution in [3.8, 4) is 17.0 Å². The van der Waals surface area contributed by atoms with E-state index in [9.17, 15) is 9.90 Å². The third-order valence-corrected chi connectivity index (χ3v) is 6.10. The monoisotopic (exact) mass is 344 g/mol. The van der Waals surface area contributed by atoms with Gasteiger partial charge in [0.15, 0.2) is 5.13 Å². The number of carbonyl (C=O) groups is 1. The summed E-state index contributed by atoms with van der Waals surface area (Å²) in [6.45, 7) is 3.70.